The maximum atomic E-state index is 8.58. The molecule has 0 unspecified atom stereocenters. The molecule has 0 aliphatic heterocycles. The predicted octanol–water partition coefficient (Wildman–Crippen LogP) is 1.81. The van der Waals surface area contributed by atoms with Crippen molar-refractivity contribution in [2.24, 2.45) is 0 Å². The van der Waals surface area contributed by atoms with Gasteiger partial charge in [0, 0.05) is 19.3 Å². The molecule has 0 atom stereocenters. The van der Waals surface area contributed by atoms with Crippen molar-refractivity contribution in [3.05, 3.63) is 11.9 Å². The normalized spacial score (nSPS) is 9.86. The van der Waals surface area contributed by atoms with Crippen molar-refractivity contribution in [3.8, 4) is 0 Å². The number of hydrogen-bond acceptors (Lipinski definition) is 3. The van der Waals surface area contributed by atoms with Crippen LogP contribution in [-0.2, 0) is 6.54 Å². The maximum absolute atomic E-state index is 8.58. The highest BCUT2D eigenvalue weighted by atomic mass is 16.3. The van der Waals surface area contributed by atoms with Gasteiger partial charge in [0.05, 0.1) is 5.69 Å². The second-order valence-corrected chi connectivity index (χ2v) is 3.14. The Morgan fingerprint density at radius 2 is 2.07 bits per heavy atom. The van der Waals surface area contributed by atoms with E-state index in [-0.39, 0.29) is 6.61 Å². The molecule has 0 radical (unpaired) electrons. The summed E-state index contributed by atoms with van der Waals surface area (Å²) >= 11 is 0. The smallest absolute Gasteiger partial charge is 0.0852 e. The second-order valence-electron chi connectivity index (χ2n) is 3.14. The van der Waals surface area contributed by atoms with E-state index in [1.54, 1.807) is 4.68 Å². The molecule has 0 saturated heterocycles. The van der Waals surface area contributed by atoms with E-state index in [0.717, 1.165) is 18.7 Å². The van der Waals surface area contributed by atoms with Crippen molar-refractivity contribution in [3.63, 3.8) is 0 Å². The van der Waals surface area contributed by atoms with Gasteiger partial charge < -0.3 is 5.11 Å². The van der Waals surface area contributed by atoms with Crippen molar-refractivity contribution in [1.82, 2.24) is 15.0 Å². The van der Waals surface area contributed by atoms with E-state index in [1.165, 1.54) is 0 Å². The predicted molar refractivity (Wildman–Crippen MR) is 57.2 cm³/mol. The van der Waals surface area contributed by atoms with Gasteiger partial charge in [0.2, 0.25) is 0 Å². The van der Waals surface area contributed by atoms with Crippen molar-refractivity contribution in [2.45, 2.75) is 46.6 Å². The Labute approximate surface area is 85.9 Å². The van der Waals surface area contributed by atoms with Crippen molar-refractivity contribution in [2.75, 3.05) is 6.61 Å². The van der Waals surface area contributed by atoms with Gasteiger partial charge in [-0.15, -0.1) is 5.10 Å². The van der Waals surface area contributed by atoms with Crippen LogP contribution in [0.1, 0.15) is 45.7 Å². The highest BCUT2D eigenvalue weighted by molar-refractivity contribution is 4.97. The molecule has 0 fully saturated rings. The summed E-state index contributed by atoms with van der Waals surface area (Å²) in [7, 11) is 0. The van der Waals surface area contributed by atoms with E-state index in [2.05, 4.69) is 24.2 Å². The molecule has 1 rings (SSSR count). The molecule has 0 aliphatic rings. The van der Waals surface area contributed by atoms with E-state index >= 15 is 0 Å². The molecule has 1 aromatic rings. The van der Waals surface area contributed by atoms with Gasteiger partial charge in [-0.2, -0.15) is 0 Å². The molecule has 0 amide bonds. The lowest BCUT2D eigenvalue weighted by Gasteiger charge is -1.96. The zero-order chi connectivity index (χ0) is 11.0. The SMILES string of the molecule is CC.CC(C)c1cn(CCCO)nn1. The highest BCUT2D eigenvalue weighted by Gasteiger charge is 2.03. The Hall–Kier alpha value is -0.900. The van der Waals surface area contributed by atoms with Crippen molar-refractivity contribution in [1.29, 1.82) is 0 Å². The van der Waals surface area contributed by atoms with Crippen LogP contribution in [0.4, 0.5) is 0 Å². The molecular formula is C10H21N3O. The number of aryl methyl sites for hydroxylation is 1. The van der Waals surface area contributed by atoms with Gasteiger partial charge in [0.15, 0.2) is 0 Å². The molecule has 1 heterocycles. The first-order valence-corrected chi connectivity index (χ1v) is 5.25. The van der Waals surface area contributed by atoms with Crippen LogP contribution in [0.2, 0.25) is 0 Å². The van der Waals surface area contributed by atoms with Gasteiger partial charge in [-0.05, 0) is 12.3 Å². The summed E-state index contributed by atoms with van der Waals surface area (Å²) in [5, 5.41) is 16.5. The van der Waals surface area contributed by atoms with Crippen LogP contribution in [0.25, 0.3) is 0 Å². The molecule has 4 heteroatoms. The van der Waals surface area contributed by atoms with Crippen LogP contribution in [0.3, 0.4) is 0 Å². The summed E-state index contributed by atoms with van der Waals surface area (Å²) in [4.78, 5) is 0. The molecule has 1 aromatic heterocycles. The first-order chi connectivity index (χ1) is 6.74. The molecule has 0 aliphatic carbocycles. The summed E-state index contributed by atoms with van der Waals surface area (Å²) in [5.74, 6) is 0.424. The Kier molecular flexibility index (Phi) is 7.02. The van der Waals surface area contributed by atoms with Gasteiger partial charge in [0.1, 0.15) is 0 Å². The fraction of sp³-hybridized carbons (Fsp3) is 0.800. The average molecular weight is 199 g/mol. The van der Waals surface area contributed by atoms with Crippen LogP contribution < -0.4 is 0 Å². The van der Waals surface area contributed by atoms with Crippen molar-refractivity contribution >= 4 is 0 Å². The molecule has 1 N–H and O–H groups in total. The van der Waals surface area contributed by atoms with E-state index < -0.39 is 0 Å². The zero-order valence-corrected chi connectivity index (χ0v) is 9.56. The molecule has 0 bridgehead atoms. The van der Waals surface area contributed by atoms with Crippen LogP contribution in [0.5, 0.6) is 0 Å². The largest absolute Gasteiger partial charge is 0.396 e. The number of hydrogen-bond donors (Lipinski definition) is 1. The third kappa shape index (κ3) is 4.37. The molecule has 0 spiro atoms. The Balaban J connectivity index is 0.000000791. The summed E-state index contributed by atoms with van der Waals surface area (Å²) in [6.45, 7) is 9.12. The van der Waals surface area contributed by atoms with Gasteiger partial charge in [-0.3, -0.25) is 4.68 Å². The molecule has 0 saturated carbocycles. The minimum Gasteiger partial charge on any atom is -0.396 e. The zero-order valence-electron chi connectivity index (χ0n) is 9.56. The molecule has 82 valence electrons. The Morgan fingerprint density at radius 3 is 2.50 bits per heavy atom. The lowest BCUT2D eigenvalue weighted by atomic mass is 10.2. The summed E-state index contributed by atoms with van der Waals surface area (Å²) < 4.78 is 1.77. The quantitative estimate of drug-likeness (QED) is 0.804. The molecule has 4 nitrogen and oxygen atoms in total. The minimum atomic E-state index is 0.205. The van der Waals surface area contributed by atoms with E-state index in [4.69, 9.17) is 5.11 Å². The number of nitrogens with zero attached hydrogens (tertiary/aromatic N) is 3. The van der Waals surface area contributed by atoms with Crippen molar-refractivity contribution < 1.29 is 5.11 Å². The van der Waals surface area contributed by atoms with Crippen LogP contribution in [0.15, 0.2) is 6.20 Å². The second kappa shape index (κ2) is 7.50. The first kappa shape index (κ1) is 13.1. The summed E-state index contributed by atoms with van der Waals surface area (Å²) in [5.41, 5.74) is 1.01. The third-order valence-electron chi connectivity index (χ3n) is 1.69. The standard InChI is InChI=1S/C8H15N3O.C2H6/c1-7(2)8-6-11(10-9-8)4-3-5-12;1-2/h6-7,12H,3-5H2,1-2H3;1-2H3. The molecule has 14 heavy (non-hydrogen) atoms. The monoisotopic (exact) mass is 199 g/mol. The Bertz CT molecular complexity index is 233. The lowest BCUT2D eigenvalue weighted by Crippen LogP contribution is -2.00. The van der Waals surface area contributed by atoms with E-state index in [0.29, 0.717) is 5.92 Å². The summed E-state index contributed by atoms with van der Waals surface area (Å²) in [6, 6.07) is 0. The number of aromatic nitrogens is 3. The maximum Gasteiger partial charge on any atom is 0.0852 e. The van der Waals surface area contributed by atoms with Gasteiger partial charge in [-0.25, -0.2) is 0 Å². The van der Waals surface area contributed by atoms with Crippen LogP contribution in [0, 0.1) is 0 Å². The van der Waals surface area contributed by atoms with Gasteiger partial charge in [-0.1, -0.05) is 32.9 Å². The minimum absolute atomic E-state index is 0.205. The average Bonchev–Trinajstić information content (AvgIpc) is 2.66. The van der Waals surface area contributed by atoms with Gasteiger partial charge in [0.25, 0.3) is 0 Å². The third-order valence-corrected chi connectivity index (χ3v) is 1.69. The molecule has 0 aromatic carbocycles. The first-order valence-electron chi connectivity index (χ1n) is 5.25. The topological polar surface area (TPSA) is 50.9 Å². The Morgan fingerprint density at radius 1 is 1.43 bits per heavy atom. The fourth-order valence-corrected chi connectivity index (χ4v) is 0.920. The van der Waals surface area contributed by atoms with E-state index in [9.17, 15) is 0 Å². The van der Waals surface area contributed by atoms with Crippen LogP contribution >= 0.6 is 0 Å². The molecular weight excluding hydrogens is 178 g/mol. The fourth-order valence-electron chi connectivity index (χ4n) is 0.920. The van der Waals surface area contributed by atoms with Gasteiger partial charge >= 0.3 is 0 Å². The van der Waals surface area contributed by atoms with E-state index in [1.807, 2.05) is 20.0 Å². The number of rotatable bonds is 4. The number of aliphatic hydroxyl groups is 1. The van der Waals surface area contributed by atoms with Crippen LogP contribution in [-0.4, -0.2) is 26.7 Å². The lowest BCUT2D eigenvalue weighted by molar-refractivity contribution is 0.276. The summed E-state index contributed by atoms with van der Waals surface area (Å²) in [6.07, 6.45) is 2.67. The number of aliphatic hydroxyl groups excluding tert-OH is 1. The highest BCUT2D eigenvalue weighted by Crippen LogP contribution is 2.08.